The average Bonchev–Trinajstić information content (AvgIpc) is 2.29. The number of hydrogen-bond donors (Lipinski definition) is 2. The first-order valence-electron chi connectivity index (χ1n) is 5.00. The minimum atomic E-state index is 0.268. The Morgan fingerprint density at radius 3 is 2.69 bits per heavy atom. The molecule has 1 aromatic heterocycles. The molecule has 2 rings (SSSR count). The van der Waals surface area contributed by atoms with Gasteiger partial charge in [-0.1, -0.05) is 0 Å². The van der Waals surface area contributed by atoms with Gasteiger partial charge in [-0.3, -0.25) is 0 Å². The van der Waals surface area contributed by atoms with Gasteiger partial charge in [0.1, 0.15) is 17.9 Å². The number of anilines is 1. The number of aromatic hydroxyl groups is 1. The summed E-state index contributed by atoms with van der Waals surface area (Å²) in [7, 11) is 1.82. The van der Waals surface area contributed by atoms with E-state index in [9.17, 15) is 5.11 Å². The number of nitrogens with zero attached hydrogens (tertiary/aromatic N) is 2. The Kier molecular flexibility index (Phi) is 2.72. The molecule has 2 aromatic rings. The first-order chi connectivity index (χ1) is 7.70. The van der Waals surface area contributed by atoms with Crippen molar-refractivity contribution in [3.63, 3.8) is 0 Å². The van der Waals surface area contributed by atoms with Gasteiger partial charge in [0.15, 0.2) is 0 Å². The van der Waals surface area contributed by atoms with Crippen LogP contribution >= 0.6 is 0 Å². The van der Waals surface area contributed by atoms with Gasteiger partial charge in [-0.25, -0.2) is 9.97 Å². The Bertz CT molecular complexity index is 511. The lowest BCUT2D eigenvalue weighted by Gasteiger charge is -2.06. The Morgan fingerprint density at radius 1 is 1.19 bits per heavy atom. The fourth-order valence-electron chi connectivity index (χ4n) is 1.58. The summed E-state index contributed by atoms with van der Waals surface area (Å²) in [6.07, 6.45) is 1.52. The van der Waals surface area contributed by atoms with Crippen LogP contribution in [-0.2, 0) is 0 Å². The number of benzene rings is 1. The van der Waals surface area contributed by atoms with Crippen molar-refractivity contribution in [1.29, 1.82) is 0 Å². The Hall–Kier alpha value is -2.10. The lowest BCUT2D eigenvalue weighted by atomic mass is 10.1. The van der Waals surface area contributed by atoms with Gasteiger partial charge in [-0.15, -0.1) is 0 Å². The van der Waals surface area contributed by atoms with E-state index in [0.29, 0.717) is 0 Å². The molecule has 0 aliphatic rings. The van der Waals surface area contributed by atoms with Crippen molar-refractivity contribution in [1.82, 2.24) is 9.97 Å². The van der Waals surface area contributed by atoms with E-state index in [4.69, 9.17) is 0 Å². The quantitative estimate of drug-likeness (QED) is 0.806. The minimum Gasteiger partial charge on any atom is -0.508 e. The summed E-state index contributed by atoms with van der Waals surface area (Å²) in [4.78, 5) is 8.27. The standard InChI is InChI=1S/C12H13N3O/c1-8-5-9(16)3-4-10(8)11-6-12(13-2)15-7-14-11/h3-7,16H,1-2H3,(H,13,14,15). The summed E-state index contributed by atoms with van der Waals surface area (Å²) >= 11 is 0. The molecule has 1 heterocycles. The van der Waals surface area contributed by atoms with E-state index in [2.05, 4.69) is 15.3 Å². The molecule has 0 aliphatic heterocycles. The summed E-state index contributed by atoms with van der Waals surface area (Å²) < 4.78 is 0. The van der Waals surface area contributed by atoms with Crippen molar-refractivity contribution < 1.29 is 5.11 Å². The second kappa shape index (κ2) is 4.18. The van der Waals surface area contributed by atoms with Crippen LogP contribution in [-0.4, -0.2) is 22.1 Å². The van der Waals surface area contributed by atoms with Crippen LogP contribution in [0.2, 0.25) is 0 Å². The molecule has 2 N–H and O–H groups in total. The van der Waals surface area contributed by atoms with Crippen LogP contribution < -0.4 is 5.32 Å². The topological polar surface area (TPSA) is 58.0 Å². The van der Waals surface area contributed by atoms with E-state index in [1.807, 2.05) is 26.1 Å². The van der Waals surface area contributed by atoms with Gasteiger partial charge in [-0.2, -0.15) is 0 Å². The maximum absolute atomic E-state index is 9.34. The normalized spacial score (nSPS) is 10.1. The number of phenolic OH excluding ortho intramolecular Hbond substituents is 1. The second-order valence-corrected chi connectivity index (χ2v) is 3.54. The third kappa shape index (κ3) is 1.95. The van der Waals surface area contributed by atoms with Crippen LogP contribution in [0.15, 0.2) is 30.6 Å². The van der Waals surface area contributed by atoms with Crippen LogP contribution in [0.25, 0.3) is 11.3 Å². The molecule has 0 fully saturated rings. The SMILES string of the molecule is CNc1cc(-c2ccc(O)cc2C)ncn1. The van der Waals surface area contributed by atoms with Crippen molar-refractivity contribution in [3.8, 4) is 17.0 Å². The Labute approximate surface area is 94.0 Å². The van der Waals surface area contributed by atoms with E-state index < -0.39 is 0 Å². The smallest absolute Gasteiger partial charge is 0.129 e. The molecule has 0 amide bonds. The van der Waals surface area contributed by atoms with Gasteiger partial charge in [0.2, 0.25) is 0 Å². The summed E-state index contributed by atoms with van der Waals surface area (Å²) in [6, 6.07) is 7.10. The van der Waals surface area contributed by atoms with Gasteiger partial charge in [-0.05, 0) is 30.7 Å². The molecule has 0 atom stereocenters. The van der Waals surface area contributed by atoms with Crippen molar-refractivity contribution in [3.05, 3.63) is 36.2 Å². The predicted octanol–water partition coefficient (Wildman–Crippen LogP) is 2.20. The second-order valence-electron chi connectivity index (χ2n) is 3.54. The molecule has 0 unspecified atom stereocenters. The van der Waals surface area contributed by atoms with Gasteiger partial charge in [0, 0.05) is 18.7 Å². The molecule has 1 aromatic carbocycles. The third-order valence-corrected chi connectivity index (χ3v) is 2.41. The summed E-state index contributed by atoms with van der Waals surface area (Å²) in [5.74, 6) is 1.04. The number of aromatic nitrogens is 2. The van der Waals surface area contributed by atoms with E-state index in [-0.39, 0.29) is 5.75 Å². The molecule has 0 saturated carbocycles. The van der Waals surface area contributed by atoms with E-state index in [0.717, 1.165) is 22.6 Å². The lowest BCUT2D eigenvalue weighted by molar-refractivity contribution is 0.475. The summed E-state index contributed by atoms with van der Waals surface area (Å²) in [6.45, 7) is 1.94. The molecule has 0 aliphatic carbocycles. The highest BCUT2D eigenvalue weighted by Gasteiger charge is 2.05. The van der Waals surface area contributed by atoms with Gasteiger partial charge in [0.05, 0.1) is 5.69 Å². The zero-order chi connectivity index (χ0) is 11.5. The molecule has 0 bridgehead atoms. The van der Waals surface area contributed by atoms with Crippen LogP contribution in [0.4, 0.5) is 5.82 Å². The van der Waals surface area contributed by atoms with Crippen molar-refractivity contribution in [2.24, 2.45) is 0 Å². The molecular weight excluding hydrogens is 202 g/mol. The molecule has 0 radical (unpaired) electrons. The Morgan fingerprint density at radius 2 is 2.00 bits per heavy atom. The molecule has 4 heteroatoms. The Balaban J connectivity index is 2.49. The summed E-state index contributed by atoms with van der Waals surface area (Å²) in [5.41, 5.74) is 2.83. The molecule has 0 saturated heterocycles. The van der Waals surface area contributed by atoms with E-state index in [1.54, 1.807) is 12.1 Å². The van der Waals surface area contributed by atoms with Crippen molar-refractivity contribution >= 4 is 5.82 Å². The van der Waals surface area contributed by atoms with E-state index in [1.165, 1.54) is 6.33 Å². The first kappa shape index (κ1) is 10.4. The zero-order valence-corrected chi connectivity index (χ0v) is 9.23. The molecule has 82 valence electrons. The molecular formula is C12H13N3O. The fraction of sp³-hybridized carbons (Fsp3) is 0.167. The monoisotopic (exact) mass is 215 g/mol. The minimum absolute atomic E-state index is 0.268. The average molecular weight is 215 g/mol. The first-order valence-corrected chi connectivity index (χ1v) is 5.00. The predicted molar refractivity (Wildman–Crippen MR) is 63.4 cm³/mol. The number of aryl methyl sites for hydroxylation is 1. The maximum Gasteiger partial charge on any atom is 0.129 e. The largest absolute Gasteiger partial charge is 0.508 e. The highest BCUT2D eigenvalue weighted by molar-refractivity contribution is 5.66. The van der Waals surface area contributed by atoms with Crippen LogP contribution in [0.3, 0.4) is 0 Å². The van der Waals surface area contributed by atoms with Crippen molar-refractivity contribution in [2.45, 2.75) is 6.92 Å². The van der Waals surface area contributed by atoms with Crippen LogP contribution in [0.5, 0.6) is 5.75 Å². The third-order valence-electron chi connectivity index (χ3n) is 2.41. The number of hydrogen-bond acceptors (Lipinski definition) is 4. The van der Waals surface area contributed by atoms with Gasteiger partial charge < -0.3 is 10.4 Å². The summed E-state index contributed by atoms with van der Waals surface area (Å²) in [5, 5.41) is 12.3. The van der Waals surface area contributed by atoms with Crippen molar-refractivity contribution in [2.75, 3.05) is 12.4 Å². The lowest BCUT2D eigenvalue weighted by Crippen LogP contribution is -1.94. The molecule has 16 heavy (non-hydrogen) atoms. The highest BCUT2D eigenvalue weighted by Crippen LogP contribution is 2.25. The zero-order valence-electron chi connectivity index (χ0n) is 9.23. The van der Waals surface area contributed by atoms with Gasteiger partial charge in [0.25, 0.3) is 0 Å². The molecule has 4 nitrogen and oxygen atoms in total. The van der Waals surface area contributed by atoms with Crippen LogP contribution in [0, 0.1) is 6.92 Å². The maximum atomic E-state index is 9.34. The highest BCUT2D eigenvalue weighted by atomic mass is 16.3. The number of nitrogens with one attached hydrogen (secondary N) is 1. The molecule has 0 spiro atoms. The van der Waals surface area contributed by atoms with Crippen LogP contribution in [0.1, 0.15) is 5.56 Å². The van der Waals surface area contributed by atoms with E-state index >= 15 is 0 Å². The van der Waals surface area contributed by atoms with Gasteiger partial charge >= 0.3 is 0 Å². The number of phenols is 1. The fourth-order valence-corrected chi connectivity index (χ4v) is 1.58. The number of rotatable bonds is 2.